The summed E-state index contributed by atoms with van der Waals surface area (Å²) in [7, 11) is 0. The lowest BCUT2D eigenvalue weighted by molar-refractivity contribution is -0.137. The summed E-state index contributed by atoms with van der Waals surface area (Å²) in [6.45, 7) is 2.59. The maximum absolute atomic E-state index is 12.4. The van der Waals surface area contributed by atoms with Gasteiger partial charge in [0.1, 0.15) is 0 Å². The number of carbonyl (C=O) groups excluding carboxylic acids is 2. The monoisotopic (exact) mass is 354 g/mol. The fourth-order valence-electron chi connectivity index (χ4n) is 3.97. The first-order chi connectivity index (χ1) is 12.7. The molecule has 2 amide bonds. The van der Waals surface area contributed by atoms with Crippen LogP contribution in [0.1, 0.15) is 50.5 Å². The number of rotatable bonds is 5. The van der Waals surface area contributed by atoms with E-state index in [1.165, 1.54) is 32.1 Å². The highest BCUT2D eigenvalue weighted by molar-refractivity contribution is 5.92. The van der Waals surface area contributed by atoms with E-state index in [-0.39, 0.29) is 11.8 Å². The predicted molar refractivity (Wildman–Crippen MR) is 104 cm³/mol. The molecule has 4 nitrogen and oxygen atoms in total. The molecule has 140 valence electrons. The lowest BCUT2D eigenvalue weighted by Gasteiger charge is -2.34. The van der Waals surface area contributed by atoms with E-state index in [4.69, 9.17) is 0 Å². The second-order valence-electron chi connectivity index (χ2n) is 7.49. The minimum absolute atomic E-state index is 0.0307. The Balaban J connectivity index is 1.39. The van der Waals surface area contributed by atoms with Gasteiger partial charge in [0.15, 0.2) is 0 Å². The van der Waals surface area contributed by atoms with Gasteiger partial charge in [0.05, 0.1) is 0 Å². The van der Waals surface area contributed by atoms with E-state index in [1.807, 2.05) is 46.2 Å². The third-order valence-corrected chi connectivity index (χ3v) is 5.65. The number of piperazine rings is 1. The SMILES string of the molecule is O=C(C=Cc1ccccc1)N1CCN(C(=O)CCC2CCCCC2)CC1. The summed E-state index contributed by atoms with van der Waals surface area (Å²) in [6, 6.07) is 9.84. The Kier molecular flexibility index (Phi) is 6.87. The van der Waals surface area contributed by atoms with Crippen LogP contribution >= 0.6 is 0 Å². The first-order valence-electron chi connectivity index (χ1n) is 10.0. The van der Waals surface area contributed by atoms with Crippen molar-refractivity contribution < 1.29 is 9.59 Å². The quantitative estimate of drug-likeness (QED) is 0.756. The number of carbonyl (C=O) groups is 2. The van der Waals surface area contributed by atoms with Crippen LogP contribution in [0.5, 0.6) is 0 Å². The maximum Gasteiger partial charge on any atom is 0.246 e. The van der Waals surface area contributed by atoms with E-state index in [1.54, 1.807) is 6.08 Å². The highest BCUT2D eigenvalue weighted by Gasteiger charge is 2.24. The maximum atomic E-state index is 12.4. The summed E-state index contributed by atoms with van der Waals surface area (Å²) in [5.41, 5.74) is 1.03. The number of hydrogen-bond donors (Lipinski definition) is 0. The summed E-state index contributed by atoms with van der Waals surface area (Å²) in [6.07, 6.45) is 11.8. The van der Waals surface area contributed by atoms with Crippen molar-refractivity contribution in [3.05, 3.63) is 42.0 Å². The fraction of sp³-hybridized carbons (Fsp3) is 0.545. The van der Waals surface area contributed by atoms with Gasteiger partial charge in [-0.3, -0.25) is 9.59 Å². The minimum Gasteiger partial charge on any atom is -0.339 e. The van der Waals surface area contributed by atoms with Gasteiger partial charge in [-0.15, -0.1) is 0 Å². The number of benzene rings is 1. The summed E-state index contributed by atoms with van der Waals surface area (Å²) in [5, 5.41) is 0. The highest BCUT2D eigenvalue weighted by Crippen LogP contribution is 2.27. The molecule has 2 aliphatic rings. The van der Waals surface area contributed by atoms with Crippen molar-refractivity contribution in [1.29, 1.82) is 0 Å². The molecule has 1 saturated heterocycles. The van der Waals surface area contributed by atoms with Crippen molar-refractivity contribution in [3.63, 3.8) is 0 Å². The van der Waals surface area contributed by atoms with Crippen LogP contribution in [0.25, 0.3) is 6.08 Å². The van der Waals surface area contributed by atoms with E-state index in [0.717, 1.165) is 17.9 Å². The molecule has 1 aliphatic carbocycles. The smallest absolute Gasteiger partial charge is 0.246 e. The van der Waals surface area contributed by atoms with Crippen LogP contribution in [0.4, 0.5) is 0 Å². The largest absolute Gasteiger partial charge is 0.339 e. The first-order valence-corrected chi connectivity index (χ1v) is 10.0. The molecule has 1 heterocycles. The third kappa shape index (κ3) is 5.45. The van der Waals surface area contributed by atoms with Crippen molar-refractivity contribution in [2.75, 3.05) is 26.2 Å². The van der Waals surface area contributed by atoms with Gasteiger partial charge in [0.2, 0.25) is 11.8 Å². The fourth-order valence-corrected chi connectivity index (χ4v) is 3.97. The summed E-state index contributed by atoms with van der Waals surface area (Å²) < 4.78 is 0. The molecule has 0 aromatic heterocycles. The summed E-state index contributed by atoms with van der Waals surface area (Å²) in [4.78, 5) is 28.5. The molecule has 0 bridgehead atoms. The molecular formula is C22H30N2O2. The van der Waals surface area contributed by atoms with E-state index < -0.39 is 0 Å². The molecule has 0 N–H and O–H groups in total. The average Bonchev–Trinajstić information content (AvgIpc) is 2.72. The van der Waals surface area contributed by atoms with Crippen molar-refractivity contribution >= 4 is 17.9 Å². The zero-order chi connectivity index (χ0) is 18.2. The molecule has 1 saturated carbocycles. The van der Waals surface area contributed by atoms with E-state index in [2.05, 4.69) is 0 Å². The van der Waals surface area contributed by atoms with Gasteiger partial charge in [-0.1, -0.05) is 62.4 Å². The lowest BCUT2D eigenvalue weighted by Crippen LogP contribution is -2.50. The van der Waals surface area contributed by atoms with Gasteiger partial charge < -0.3 is 9.80 Å². The second-order valence-corrected chi connectivity index (χ2v) is 7.49. The first kappa shape index (κ1) is 18.7. The molecule has 0 spiro atoms. The van der Waals surface area contributed by atoms with E-state index in [0.29, 0.717) is 32.6 Å². The normalized spacial score (nSPS) is 19.1. The summed E-state index contributed by atoms with van der Waals surface area (Å²) >= 11 is 0. The number of amides is 2. The standard InChI is InChI=1S/C22H30N2O2/c25-21(13-11-19-7-3-1-4-8-19)23-15-17-24(18-16-23)22(26)14-12-20-9-5-2-6-10-20/h1,3-4,7-8,11,13,20H,2,5-6,9-10,12,14-18H2. The average molecular weight is 354 g/mol. The Hall–Kier alpha value is -2.10. The molecular weight excluding hydrogens is 324 g/mol. The molecule has 0 unspecified atom stereocenters. The van der Waals surface area contributed by atoms with Crippen molar-refractivity contribution in [3.8, 4) is 0 Å². The predicted octanol–water partition coefficient (Wildman–Crippen LogP) is 3.73. The molecule has 1 aliphatic heterocycles. The van der Waals surface area contributed by atoms with Crippen LogP contribution in [0.15, 0.2) is 36.4 Å². The molecule has 2 fully saturated rings. The van der Waals surface area contributed by atoms with Gasteiger partial charge >= 0.3 is 0 Å². The van der Waals surface area contributed by atoms with Crippen LogP contribution < -0.4 is 0 Å². The van der Waals surface area contributed by atoms with Crippen LogP contribution in [-0.4, -0.2) is 47.8 Å². The molecule has 4 heteroatoms. The molecule has 0 radical (unpaired) electrons. The topological polar surface area (TPSA) is 40.6 Å². The Morgan fingerprint density at radius 1 is 0.923 bits per heavy atom. The second kappa shape index (κ2) is 9.56. The Morgan fingerprint density at radius 3 is 2.27 bits per heavy atom. The third-order valence-electron chi connectivity index (χ3n) is 5.65. The number of hydrogen-bond acceptors (Lipinski definition) is 2. The zero-order valence-electron chi connectivity index (χ0n) is 15.6. The van der Waals surface area contributed by atoms with Crippen LogP contribution in [-0.2, 0) is 9.59 Å². The summed E-state index contributed by atoms with van der Waals surface area (Å²) in [5.74, 6) is 1.05. The Labute approximate surface area is 156 Å². The van der Waals surface area contributed by atoms with Gasteiger partial charge in [-0.05, 0) is 24.0 Å². The Bertz CT molecular complexity index is 612. The van der Waals surface area contributed by atoms with E-state index >= 15 is 0 Å². The van der Waals surface area contributed by atoms with E-state index in [9.17, 15) is 9.59 Å². The molecule has 26 heavy (non-hydrogen) atoms. The Morgan fingerprint density at radius 2 is 1.58 bits per heavy atom. The lowest BCUT2D eigenvalue weighted by atomic mass is 9.86. The van der Waals surface area contributed by atoms with Crippen LogP contribution in [0, 0.1) is 5.92 Å². The van der Waals surface area contributed by atoms with Crippen LogP contribution in [0.3, 0.4) is 0 Å². The zero-order valence-corrected chi connectivity index (χ0v) is 15.6. The van der Waals surface area contributed by atoms with Crippen LogP contribution in [0.2, 0.25) is 0 Å². The molecule has 1 aromatic rings. The van der Waals surface area contributed by atoms with Crippen molar-refractivity contribution in [1.82, 2.24) is 9.80 Å². The van der Waals surface area contributed by atoms with Gasteiger partial charge in [-0.2, -0.15) is 0 Å². The van der Waals surface area contributed by atoms with Crippen molar-refractivity contribution in [2.45, 2.75) is 44.9 Å². The number of nitrogens with zero attached hydrogens (tertiary/aromatic N) is 2. The van der Waals surface area contributed by atoms with Crippen molar-refractivity contribution in [2.24, 2.45) is 5.92 Å². The van der Waals surface area contributed by atoms with Gasteiger partial charge in [0.25, 0.3) is 0 Å². The minimum atomic E-state index is 0.0307. The molecule has 0 atom stereocenters. The highest BCUT2D eigenvalue weighted by atomic mass is 16.2. The molecule has 1 aromatic carbocycles. The van der Waals surface area contributed by atoms with Gasteiger partial charge in [0, 0.05) is 38.7 Å². The van der Waals surface area contributed by atoms with Gasteiger partial charge in [-0.25, -0.2) is 0 Å². The molecule has 3 rings (SSSR count).